The topological polar surface area (TPSA) is 63.7 Å². The van der Waals surface area contributed by atoms with Gasteiger partial charge in [-0.25, -0.2) is 9.69 Å². The van der Waals surface area contributed by atoms with Crippen LogP contribution in [0, 0.1) is 0 Å². The fraction of sp³-hybridized carbons (Fsp3) is 0.0500. The zero-order chi connectivity index (χ0) is 17.4. The molecule has 1 spiro atoms. The molecular weight excluding hydrogens is 318 g/mol. The Kier molecular flexibility index (Phi) is 3.35. The van der Waals surface area contributed by atoms with E-state index in [4.69, 9.17) is 4.74 Å². The SMILES string of the molecule is O=C1C=CC2(O1)C(=O)N(c1ccccc1)C(=O)/C2=C/c1ccccc1. The quantitative estimate of drug-likeness (QED) is 0.482. The summed E-state index contributed by atoms with van der Waals surface area (Å²) in [6.45, 7) is 0. The van der Waals surface area contributed by atoms with Gasteiger partial charge in [-0.1, -0.05) is 48.5 Å². The van der Waals surface area contributed by atoms with Gasteiger partial charge in [0.05, 0.1) is 11.3 Å². The molecule has 1 fully saturated rings. The fourth-order valence-corrected chi connectivity index (χ4v) is 3.02. The molecule has 2 aromatic rings. The Balaban J connectivity index is 1.88. The maximum atomic E-state index is 13.0. The molecule has 1 saturated heterocycles. The number of para-hydroxylation sites is 1. The molecular formula is C20H13NO4. The average molecular weight is 331 g/mol. The van der Waals surface area contributed by atoms with Gasteiger partial charge in [-0.15, -0.1) is 0 Å². The molecule has 0 saturated carbocycles. The number of benzene rings is 2. The van der Waals surface area contributed by atoms with Crippen molar-refractivity contribution in [1.82, 2.24) is 0 Å². The van der Waals surface area contributed by atoms with Crippen LogP contribution < -0.4 is 4.90 Å². The largest absolute Gasteiger partial charge is 0.436 e. The van der Waals surface area contributed by atoms with Crippen LogP contribution in [0.15, 0.2) is 78.4 Å². The first-order chi connectivity index (χ1) is 12.1. The number of carbonyl (C=O) groups is 3. The molecule has 5 nitrogen and oxygen atoms in total. The number of esters is 1. The maximum absolute atomic E-state index is 13.0. The molecule has 4 rings (SSSR count). The van der Waals surface area contributed by atoms with Crippen molar-refractivity contribution >= 4 is 29.5 Å². The second kappa shape index (κ2) is 5.56. The summed E-state index contributed by atoms with van der Waals surface area (Å²) in [5.41, 5.74) is -0.400. The second-order valence-electron chi connectivity index (χ2n) is 5.74. The first-order valence-electron chi connectivity index (χ1n) is 7.75. The van der Waals surface area contributed by atoms with Crippen molar-refractivity contribution in [2.24, 2.45) is 0 Å². The molecule has 2 aliphatic heterocycles. The highest BCUT2D eigenvalue weighted by Crippen LogP contribution is 2.40. The Labute approximate surface area is 143 Å². The molecule has 0 aromatic heterocycles. The van der Waals surface area contributed by atoms with Crippen molar-refractivity contribution in [2.75, 3.05) is 4.90 Å². The zero-order valence-electron chi connectivity index (χ0n) is 13.1. The predicted octanol–water partition coefficient (Wildman–Crippen LogP) is 2.50. The van der Waals surface area contributed by atoms with Gasteiger partial charge in [0.25, 0.3) is 11.8 Å². The van der Waals surface area contributed by atoms with E-state index in [9.17, 15) is 14.4 Å². The lowest BCUT2D eigenvalue weighted by Gasteiger charge is -2.19. The molecule has 25 heavy (non-hydrogen) atoms. The molecule has 2 amide bonds. The molecule has 0 bridgehead atoms. The highest BCUT2D eigenvalue weighted by Gasteiger charge is 2.59. The smallest absolute Gasteiger partial charge is 0.332 e. The van der Waals surface area contributed by atoms with E-state index in [1.165, 1.54) is 12.2 Å². The van der Waals surface area contributed by atoms with Crippen LogP contribution in [0.2, 0.25) is 0 Å². The number of imide groups is 1. The number of hydrogen-bond acceptors (Lipinski definition) is 4. The number of nitrogens with zero attached hydrogens (tertiary/aromatic N) is 1. The first kappa shape index (κ1) is 15.1. The van der Waals surface area contributed by atoms with Crippen molar-refractivity contribution in [3.63, 3.8) is 0 Å². The molecule has 0 aliphatic carbocycles. The van der Waals surface area contributed by atoms with Gasteiger partial charge in [0, 0.05) is 6.08 Å². The van der Waals surface area contributed by atoms with Gasteiger partial charge in [0.1, 0.15) is 0 Å². The number of anilines is 1. The lowest BCUT2D eigenvalue weighted by atomic mass is 9.94. The third kappa shape index (κ3) is 2.29. The van der Waals surface area contributed by atoms with E-state index < -0.39 is 23.4 Å². The third-order valence-electron chi connectivity index (χ3n) is 4.20. The van der Waals surface area contributed by atoms with Crippen LogP contribution in [0.25, 0.3) is 6.08 Å². The van der Waals surface area contributed by atoms with Crippen LogP contribution in [0.1, 0.15) is 5.56 Å². The van der Waals surface area contributed by atoms with Gasteiger partial charge < -0.3 is 4.74 Å². The van der Waals surface area contributed by atoms with Crippen LogP contribution >= 0.6 is 0 Å². The van der Waals surface area contributed by atoms with Crippen LogP contribution in [-0.4, -0.2) is 23.4 Å². The Morgan fingerprint density at radius 2 is 1.52 bits per heavy atom. The lowest BCUT2D eigenvalue weighted by molar-refractivity contribution is -0.149. The molecule has 0 N–H and O–H groups in total. The Morgan fingerprint density at radius 3 is 2.12 bits per heavy atom. The van der Waals surface area contributed by atoms with E-state index in [1.54, 1.807) is 36.4 Å². The summed E-state index contributed by atoms with van der Waals surface area (Å²) >= 11 is 0. The Morgan fingerprint density at radius 1 is 0.880 bits per heavy atom. The first-order valence-corrected chi connectivity index (χ1v) is 7.75. The van der Waals surface area contributed by atoms with E-state index in [1.807, 2.05) is 30.3 Å². The average Bonchev–Trinajstić information content (AvgIpc) is 3.11. The van der Waals surface area contributed by atoms with Gasteiger partial charge in [0.15, 0.2) is 0 Å². The summed E-state index contributed by atoms with van der Waals surface area (Å²) in [5, 5.41) is 0. The summed E-state index contributed by atoms with van der Waals surface area (Å²) in [4.78, 5) is 38.8. The highest BCUT2D eigenvalue weighted by molar-refractivity contribution is 6.35. The van der Waals surface area contributed by atoms with E-state index in [-0.39, 0.29) is 5.57 Å². The minimum Gasteiger partial charge on any atom is -0.436 e. The standard InChI is InChI=1S/C20H13NO4/c22-17-11-12-20(25-17)16(13-14-7-3-1-4-8-14)18(23)21(19(20)24)15-9-5-2-6-10-15/h1-13H/b16-13-. The van der Waals surface area contributed by atoms with Gasteiger partial charge in [-0.2, -0.15) is 0 Å². The number of ether oxygens (including phenoxy) is 1. The van der Waals surface area contributed by atoms with Gasteiger partial charge >= 0.3 is 5.97 Å². The molecule has 2 heterocycles. The minimum absolute atomic E-state index is 0.120. The van der Waals surface area contributed by atoms with E-state index in [0.29, 0.717) is 5.69 Å². The van der Waals surface area contributed by atoms with Crippen LogP contribution in [0.3, 0.4) is 0 Å². The predicted molar refractivity (Wildman–Crippen MR) is 91.3 cm³/mol. The van der Waals surface area contributed by atoms with E-state index >= 15 is 0 Å². The second-order valence-corrected chi connectivity index (χ2v) is 5.74. The molecule has 1 unspecified atom stereocenters. The van der Waals surface area contributed by atoms with Crippen LogP contribution in [-0.2, 0) is 19.1 Å². The Hall–Kier alpha value is -3.47. The normalized spacial score (nSPS) is 23.8. The maximum Gasteiger partial charge on any atom is 0.332 e. The highest BCUT2D eigenvalue weighted by atomic mass is 16.6. The summed E-state index contributed by atoms with van der Waals surface area (Å²) in [7, 11) is 0. The summed E-state index contributed by atoms with van der Waals surface area (Å²) in [6, 6.07) is 17.7. The van der Waals surface area contributed by atoms with Gasteiger partial charge in [-0.3, -0.25) is 9.59 Å². The third-order valence-corrected chi connectivity index (χ3v) is 4.20. The Bertz CT molecular complexity index is 931. The van der Waals surface area contributed by atoms with Crippen molar-refractivity contribution in [3.05, 3.63) is 84.0 Å². The molecule has 122 valence electrons. The molecule has 1 atom stereocenters. The zero-order valence-corrected chi connectivity index (χ0v) is 13.1. The minimum atomic E-state index is -1.69. The summed E-state index contributed by atoms with van der Waals surface area (Å²) in [5.74, 6) is -1.73. The van der Waals surface area contributed by atoms with Crippen LogP contribution in [0.4, 0.5) is 5.69 Å². The molecule has 2 aliphatic rings. The molecule has 2 aromatic carbocycles. The van der Waals surface area contributed by atoms with Gasteiger partial charge in [0.2, 0.25) is 5.60 Å². The van der Waals surface area contributed by atoms with Crippen molar-refractivity contribution in [3.8, 4) is 0 Å². The van der Waals surface area contributed by atoms with Crippen molar-refractivity contribution in [1.29, 1.82) is 0 Å². The number of amides is 2. The lowest BCUT2D eigenvalue weighted by Crippen LogP contribution is -2.40. The molecule has 5 heteroatoms. The van der Waals surface area contributed by atoms with Crippen molar-refractivity contribution < 1.29 is 19.1 Å². The number of rotatable bonds is 2. The van der Waals surface area contributed by atoms with Crippen molar-refractivity contribution in [2.45, 2.75) is 5.60 Å². The molecule has 0 radical (unpaired) electrons. The van der Waals surface area contributed by atoms with E-state index in [2.05, 4.69) is 0 Å². The van der Waals surface area contributed by atoms with E-state index in [0.717, 1.165) is 10.5 Å². The number of hydrogen-bond donors (Lipinski definition) is 0. The van der Waals surface area contributed by atoms with Crippen LogP contribution in [0.5, 0.6) is 0 Å². The summed E-state index contributed by atoms with van der Waals surface area (Å²) < 4.78 is 5.30. The van der Waals surface area contributed by atoms with Gasteiger partial charge in [-0.05, 0) is 29.8 Å². The number of carbonyl (C=O) groups excluding carboxylic acids is 3. The summed E-state index contributed by atoms with van der Waals surface area (Å²) in [6.07, 6.45) is 4.12. The fourth-order valence-electron chi connectivity index (χ4n) is 3.02. The monoisotopic (exact) mass is 331 g/mol.